The first-order chi connectivity index (χ1) is 9.72. The van der Waals surface area contributed by atoms with Gasteiger partial charge in [-0.15, -0.1) is 0 Å². The van der Waals surface area contributed by atoms with E-state index in [9.17, 15) is 14.2 Å². The number of hydrogen-bond donors (Lipinski definition) is 2. The van der Waals surface area contributed by atoms with Crippen molar-refractivity contribution in [3.63, 3.8) is 0 Å². The van der Waals surface area contributed by atoms with Gasteiger partial charge in [0.25, 0.3) is 8.61 Å². The van der Waals surface area contributed by atoms with Crippen molar-refractivity contribution in [1.82, 2.24) is 5.32 Å². The molecule has 0 spiro atoms. The van der Waals surface area contributed by atoms with E-state index in [1.165, 1.54) is 0 Å². The number of allylic oxidation sites excluding steroid dienone is 1. The van der Waals surface area contributed by atoms with Crippen LogP contribution in [0.1, 0.15) is 17.9 Å². The van der Waals surface area contributed by atoms with E-state index in [2.05, 4.69) is 10.4 Å². The second-order valence-electron chi connectivity index (χ2n) is 4.97. The van der Waals surface area contributed by atoms with Crippen molar-refractivity contribution in [2.45, 2.75) is 12.3 Å². The molecule has 6 heteroatoms. The Hall–Kier alpha value is -2.00. The van der Waals surface area contributed by atoms with Gasteiger partial charge in [-0.25, -0.2) is 4.57 Å². The summed E-state index contributed by atoms with van der Waals surface area (Å²) >= 11 is 0. The zero-order valence-corrected chi connectivity index (χ0v) is 11.5. The molecule has 1 fully saturated rings. The van der Waals surface area contributed by atoms with Crippen molar-refractivity contribution >= 4 is 26.1 Å². The van der Waals surface area contributed by atoms with E-state index in [4.69, 9.17) is 0 Å². The molecule has 1 aromatic rings. The van der Waals surface area contributed by atoms with Crippen LogP contribution < -0.4 is 10.4 Å². The molecular weight excluding hydrogens is 275 g/mol. The largest absolute Gasteiger partial charge is 0.305 e. The van der Waals surface area contributed by atoms with Gasteiger partial charge in [0, 0.05) is 11.6 Å². The molecule has 1 aliphatic carbocycles. The van der Waals surface area contributed by atoms with E-state index >= 15 is 0 Å². The van der Waals surface area contributed by atoms with Gasteiger partial charge in [-0.2, -0.15) is 0 Å². The fraction of sp³-hybridized carbons (Fsp3) is 0.286. The predicted molar refractivity (Wildman–Crippen MR) is 74.3 cm³/mol. The van der Waals surface area contributed by atoms with Crippen LogP contribution in [-0.2, 0) is 14.2 Å². The minimum atomic E-state index is -0.390. The van der Waals surface area contributed by atoms with Crippen molar-refractivity contribution in [2.75, 3.05) is 5.09 Å². The lowest BCUT2D eigenvalue weighted by molar-refractivity contribution is -0.126. The van der Waals surface area contributed by atoms with Gasteiger partial charge in [-0.1, -0.05) is 30.4 Å². The topological polar surface area (TPSA) is 75.3 Å². The van der Waals surface area contributed by atoms with Crippen LogP contribution in [0.25, 0.3) is 0 Å². The highest BCUT2D eigenvalue weighted by Crippen LogP contribution is 2.43. The molecule has 1 aromatic carbocycles. The Morgan fingerprint density at radius 2 is 2.00 bits per heavy atom. The fourth-order valence-corrected chi connectivity index (χ4v) is 3.37. The van der Waals surface area contributed by atoms with Gasteiger partial charge < -0.3 is 5.09 Å². The summed E-state index contributed by atoms with van der Waals surface area (Å²) in [5, 5.41) is 5.15. The van der Waals surface area contributed by atoms with E-state index < -0.39 is 0 Å². The minimum Gasteiger partial charge on any atom is -0.305 e. The van der Waals surface area contributed by atoms with Crippen molar-refractivity contribution in [1.29, 1.82) is 0 Å². The first kappa shape index (κ1) is 13.0. The Morgan fingerprint density at radius 1 is 1.20 bits per heavy atom. The summed E-state index contributed by atoms with van der Waals surface area (Å²) in [5.41, 5.74) is 1.65. The number of anilines is 1. The lowest BCUT2D eigenvalue weighted by Crippen LogP contribution is -2.27. The molecule has 5 nitrogen and oxygen atoms in total. The number of nitrogens with one attached hydrogen (secondary N) is 2. The molecule has 2 aliphatic rings. The molecule has 0 saturated carbocycles. The molecule has 2 amide bonds. The maximum atomic E-state index is 12.0. The van der Waals surface area contributed by atoms with Crippen molar-refractivity contribution in [2.24, 2.45) is 11.8 Å². The third kappa shape index (κ3) is 2.04. The second-order valence-corrected chi connectivity index (χ2v) is 5.37. The van der Waals surface area contributed by atoms with Crippen molar-refractivity contribution < 1.29 is 14.2 Å². The van der Waals surface area contributed by atoms with Crippen LogP contribution in [-0.4, -0.2) is 11.8 Å². The summed E-state index contributed by atoms with van der Waals surface area (Å²) in [5.74, 6) is -1.29. The molecule has 1 saturated heterocycles. The summed E-state index contributed by atoms with van der Waals surface area (Å²) in [4.78, 5) is 23.8. The smallest absolute Gasteiger partial charge is 0.279 e. The molecular formula is C14H13N2O3P. The highest BCUT2D eigenvalue weighted by molar-refractivity contribution is 7.25. The molecule has 0 aromatic heterocycles. The molecule has 3 rings (SSSR count). The first-order valence-electron chi connectivity index (χ1n) is 6.41. The lowest BCUT2D eigenvalue weighted by Gasteiger charge is -2.28. The molecule has 1 aliphatic heterocycles. The Morgan fingerprint density at radius 3 is 2.80 bits per heavy atom. The number of carbonyl (C=O) groups is 2. The number of hydrogen-bond acceptors (Lipinski definition) is 3. The van der Waals surface area contributed by atoms with Crippen LogP contribution in [0.4, 0.5) is 5.69 Å². The van der Waals surface area contributed by atoms with Gasteiger partial charge in [0.15, 0.2) is 0 Å². The number of imide groups is 1. The van der Waals surface area contributed by atoms with Crippen LogP contribution in [0.5, 0.6) is 0 Å². The minimum absolute atomic E-state index is 0.0816. The zero-order chi connectivity index (χ0) is 14.1. The Labute approximate surface area is 117 Å². The van der Waals surface area contributed by atoms with E-state index in [0.29, 0.717) is 6.42 Å². The predicted octanol–water partition coefficient (Wildman–Crippen LogP) is 2.24. The summed E-state index contributed by atoms with van der Waals surface area (Å²) < 4.78 is 10.8. The molecule has 2 N–H and O–H groups in total. The SMILES string of the molecule is O=PNc1ccccc1C1CC=CC2C(=O)NC(=O)C21. The zero-order valence-electron chi connectivity index (χ0n) is 10.6. The fourth-order valence-electron chi connectivity index (χ4n) is 3.06. The summed E-state index contributed by atoms with van der Waals surface area (Å²) in [6.45, 7) is 0. The third-order valence-electron chi connectivity index (χ3n) is 3.93. The van der Waals surface area contributed by atoms with Crippen molar-refractivity contribution in [3.8, 4) is 0 Å². The highest BCUT2D eigenvalue weighted by Gasteiger charge is 2.46. The van der Waals surface area contributed by atoms with Crippen LogP contribution in [0.2, 0.25) is 0 Å². The number of benzene rings is 1. The maximum absolute atomic E-state index is 12.0. The van der Waals surface area contributed by atoms with Gasteiger partial charge in [0.1, 0.15) is 0 Å². The average molecular weight is 288 g/mol. The van der Waals surface area contributed by atoms with Gasteiger partial charge in [0.05, 0.1) is 11.8 Å². The molecule has 3 atom stereocenters. The number of amides is 2. The number of fused-ring (bicyclic) bond motifs is 1. The summed E-state index contributed by atoms with van der Waals surface area (Å²) in [7, 11) is -0.187. The monoisotopic (exact) mass is 288 g/mol. The Balaban J connectivity index is 2.02. The standard InChI is InChI=1S/C14H13N2O3P/c17-13-10-6-3-5-9(12(10)14(18)15-13)8-4-1-2-7-11(8)16-20-19/h1-4,6-7,9-10,12H,5H2,(H,16,19)(H,15,17,18). The molecule has 102 valence electrons. The number of para-hydroxylation sites is 1. The van der Waals surface area contributed by atoms with E-state index in [1.54, 1.807) is 0 Å². The van der Waals surface area contributed by atoms with Gasteiger partial charge in [-0.05, 0) is 18.1 Å². The number of rotatable bonds is 3. The normalized spacial score (nSPS) is 28.3. The molecule has 3 unspecified atom stereocenters. The van der Waals surface area contributed by atoms with E-state index in [1.807, 2.05) is 36.4 Å². The highest BCUT2D eigenvalue weighted by atomic mass is 31.1. The molecule has 0 radical (unpaired) electrons. The van der Waals surface area contributed by atoms with E-state index in [0.717, 1.165) is 11.3 Å². The van der Waals surface area contributed by atoms with Gasteiger partial charge >= 0.3 is 0 Å². The van der Waals surface area contributed by atoms with Crippen molar-refractivity contribution in [3.05, 3.63) is 42.0 Å². The first-order valence-corrected chi connectivity index (χ1v) is 7.22. The quantitative estimate of drug-likeness (QED) is 0.508. The van der Waals surface area contributed by atoms with Crippen LogP contribution in [0, 0.1) is 11.8 Å². The molecule has 0 bridgehead atoms. The van der Waals surface area contributed by atoms with Crippen LogP contribution >= 0.6 is 8.61 Å². The summed E-state index contributed by atoms with van der Waals surface area (Å²) in [6.07, 6.45) is 4.44. The molecule has 1 heterocycles. The number of carbonyl (C=O) groups excluding carboxylic acids is 2. The van der Waals surface area contributed by atoms with E-state index in [-0.39, 0.29) is 38.2 Å². The van der Waals surface area contributed by atoms with Gasteiger partial charge in [-0.3, -0.25) is 14.9 Å². The third-order valence-corrected chi connectivity index (χ3v) is 4.26. The molecule has 20 heavy (non-hydrogen) atoms. The Kier molecular flexibility index (Phi) is 3.36. The average Bonchev–Trinajstić information content (AvgIpc) is 2.75. The maximum Gasteiger partial charge on any atom is 0.279 e. The summed E-state index contributed by atoms with van der Waals surface area (Å²) in [6, 6.07) is 7.45. The van der Waals surface area contributed by atoms with Gasteiger partial charge in [0.2, 0.25) is 11.8 Å². The van der Waals surface area contributed by atoms with Crippen LogP contribution in [0.3, 0.4) is 0 Å². The Bertz CT molecular complexity index is 614. The second kappa shape index (κ2) is 5.17. The lowest BCUT2D eigenvalue weighted by atomic mass is 9.73. The van der Waals surface area contributed by atoms with Crippen LogP contribution in [0.15, 0.2) is 36.4 Å².